The van der Waals surface area contributed by atoms with E-state index in [1.165, 1.54) is 0 Å². The van der Waals surface area contributed by atoms with Gasteiger partial charge in [-0.05, 0) is 36.9 Å². The molecule has 1 atom stereocenters. The summed E-state index contributed by atoms with van der Waals surface area (Å²) in [5.74, 6) is 0. The van der Waals surface area contributed by atoms with Gasteiger partial charge in [0.25, 0.3) is 0 Å². The van der Waals surface area contributed by atoms with Crippen LogP contribution in [0.15, 0.2) is 54.6 Å². The quantitative estimate of drug-likeness (QED) is 0.822. The maximum atomic E-state index is 12.7. The minimum Gasteiger partial charge on any atom is -0.350 e. The van der Waals surface area contributed by atoms with Gasteiger partial charge in [0.15, 0.2) is 0 Å². The van der Waals surface area contributed by atoms with Crippen LogP contribution in [0.25, 0.3) is 0 Å². The van der Waals surface area contributed by atoms with Gasteiger partial charge in [0.05, 0.1) is 18.3 Å². The summed E-state index contributed by atoms with van der Waals surface area (Å²) in [4.78, 5) is 4.37. The van der Waals surface area contributed by atoms with E-state index in [1.54, 1.807) is 12.1 Å². The summed E-state index contributed by atoms with van der Waals surface area (Å²) >= 11 is 0. The molecule has 116 valence electrons. The Kier molecular flexibility index (Phi) is 3.83. The fraction of sp³-hybridized carbons (Fsp3) is 0.294. The number of para-hydroxylation sites is 1. The molecule has 0 N–H and O–H groups in total. The SMILES string of the molecule is CN1CC(c2ccc(C(F)(F)F)cc2)N(c2ccccc2)C1. The number of hydrogen-bond donors (Lipinski definition) is 0. The number of nitrogens with zero attached hydrogens (tertiary/aromatic N) is 2. The lowest BCUT2D eigenvalue weighted by atomic mass is 10.0. The van der Waals surface area contributed by atoms with Crippen LogP contribution in [-0.4, -0.2) is 25.2 Å². The first-order valence-electron chi connectivity index (χ1n) is 7.12. The Bertz CT molecular complexity index is 623. The second-order valence-electron chi connectivity index (χ2n) is 5.62. The standard InChI is InChI=1S/C17H17F3N2/c1-21-11-16(22(12-21)15-5-3-2-4-6-15)13-7-9-14(10-8-13)17(18,19)20/h2-10,16H,11-12H2,1H3. The monoisotopic (exact) mass is 306 g/mol. The number of alkyl halides is 3. The van der Waals surface area contributed by atoms with Crippen molar-refractivity contribution in [1.29, 1.82) is 0 Å². The highest BCUT2D eigenvalue weighted by atomic mass is 19.4. The van der Waals surface area contributed by atoms with E-state index in [2.05, 4.69) is 9.80 Å². The molecule has 2 aromatic rings. The summed E-state index contributed by atoms with van der Waals surface area (Å²) in [7, 11) is 2.01. The number of hydrogen-bond acceptors (Lipinski definition) is 2. The molecular weight excluding hydrogens is 289 g/mol. The summed E-state index contributed by atoms with van der Waals surface area (Å²) in [5.41, 5.74) is 1.38. The normalized spacial score (nSPS) is 19.6. The van der Waals surface area contributed by atoms with E-state index >= 15 is 0 Å². The molecule has 1 unspecified atom stereocenters. The Labute approximate surface area is 127 Å². The zero-order valence-corrected chi connectivity index (χ0v) is 12.2. The van der Waals surface area contributed by atoms with Crippen molar-refractivity contribution in [3.8, 4) is 0 Å². The van der Waals surface area contributed by atoms with Crippen molar-refractivity contribution >= 4 is 5.69 Å². The minimum absolute atomic E-state index is 0.0645. The van der Waals surface area contributed by atoms with Crippen molar-refractivity contribution in [3.05, 3.63) is 65.7 Å². The lowest BCUT2D eigenvalue weighted by molar-refractivity contribution is -0.137. The van der Waals surface area contributed by atoms with E-state index in [9.17, 15) is 13.2 Å². The summed E-state index contributed by atoms with van der Waals surface area (Å²) < 4.78 is 38.0. The van der Waals surface area contributed by atoms with Crippen molar-refractivity contribution in [3.63, 3.8) is 0 Å². The Morgan fingerprint density at radius 1 is 0.955 bits per heavy atom. The summed E-state index contributed by atoms with van der Waals surface area (Å²) in [6, 6.07) is 15.5. The second-order valence-corrected chi connectivity index (χ2v) is 5.62. The third-order valence-corrected chi connectivity index (χ3v) is 3.97. The summed E-state index contributed by atoms with van der Waals surface area (Å²) in [5, 5.41) is 0. The van der Waals surface area contributed by atoms with Gasteiger partial charge in [-0.25, -0.2) is 0 Å². The first-order valence-corrected chi connectivity index (χ1v) is 7.12. The van der Waals surface area contributed by atoms with E-state index in [-0.39, 0.29) is 6.04 Å². The molecule has 1 aliphatic rings. The smallest absolute Gasteiger partial charge is 0.350 e. The molecule has 2 nitrogen and oxygen atoms in total. The molecule has 0 radical (unpaired) electrons. The van der Waals surface area contributed by atoms with E-state index in [0.29, 0.717) is 0 Å². The van der Waals surface area contributed by atoms with Crippen LogP contribution in [-0.2, 0) is 6.18 Å². The van der Waals surface area contributed by atoms with Crippen LogP contribution in [0.5, 0.6) is 0 Å². The van der Waals surface area contributed by atoms with E-state index in [1.807, 2.05) is 37.4 Å². The number of halogens is 3. The Balaban J connectivity index is 1.89. The van der Waals surface area contributed by atoms with Gasteiger partial charge in [0.2, 0.25) is 0 Å². The summed E-state index contributed by atoms with van der Waals surface area (Å²) in [6.45, 7) is 1.55. The average molecular weight is 306 g/mol. The van der Waals surface area contributed by atoms with Gasteiger partial charge in [-0.2, -0.15) is 13.2 Å². The van der Waals surface area contributed by atoms with Gasteiger partial charge in [-0.3, -0.25) is 4.90 Å². The first-order chi connectivity index (χ1) is 10.4. The zero-order chi connectivity index (χ0) is 15.7. The number of likely N-dealkylation sites (N-methyl/N-ethyl adjacent to an activating group) is 1. The largest absolute Gasteiger partial charge is 0.416 e. The number of rotatable bonds is 2. The molecule has 0 bridgehead atoms. The Hall–Kier alpha value is -2.01. The van der Waals surface area contributed by atoms with Gasteiger partial charge in [-0.15, -0.1) is 0 Å². The highest BCUT2D eigenvalue weighted by Crippen LogP contribution is 2.34. The molecule has 1 saturated heterocycles. The first kappa shape index (κ1) is 14.9. The highest BCUT2D eigenvalue weighted by molar-refractivity contribution is 5.50. The van der Waals surface area contributed by atoms with Crippen molar-refractivity contribution in [1.82, 2.24) is 4.90 Å². The Morgan fingerprint density at radius 3 is 2.18 bits per heavy atom. The maximum absolute atomic E-state index is 12.7. The molecule has 0 spiro atoms. The van der Waals surface area contributed by atoms with Crippen LogP contribution in [0.2, 0.25) is 0 Å². The number of anilines is 1. The molecule has 5 heteroatoms. The minimum atomic E-state index is -4.29. The molecule has 0 saturated carbocycles. The van der Waals surface area contributed by atoms with Gasteiger partial charge in [0, 0.05) is 12.2 Å². The summed E-state index contributed by atoms with van der Waals surface area (Å²) in [6.07, 6.45) is -4.29. The molecular formula is C17H17F3N2. The van der Waals surface area contributed by atoms with Gasteiger partial charge in [-0.1, -0.05) is 30.3 Å². The second kappa shape index (κ2) is 5.65. The van der Waals surface area contributed by atoms with Crippen LogP contribution in [0.3, 0.4) is 0 Å². The lowest BCUT2D eigenvalue weighted by Gasteiger charge is -2.26. The fourth-order valence-electron chi connectivity index (χ4n) is 2.87. The van der Waals surface area contributed by atoms with E-state index in [0.717, 1.165) is 36.6 Å². The van der Waals surface area contributed by atoms with Crippen molar-refractivity contribution in [2.75, 3.05) is 25.2 Å². The molecule has 0 amide bonds. The van der Waals surface area contributed by atoms with Crippen molar-refractivity contribution in [2.24, 2.45) is 0 Å². The van der Waals surface area contributed by atoms with E-state index < -0.39 is 11.7 Å². The van der Waals surface area contributed by atoms with E-state index in [4.69, 9.17) is 0 Å². The Morgan fingerprint density at radius 2 is 1.59 bits per heavy atom. The predicted octanol–water partition coefficient (Wildman–Crippen LogP) is 4.16. The zero-order valence-electron chi connectivity index (χ0n) is 12.2. The fourth-order valence-corrected chi connectivity index (χ4v) is 2.87. The maximum Gasteiger partial charge on any atom is 0.416 e. The molecule has 0 aliphatic carbocycles. The number of benzene rings is 2. The molecule has 1 fully saturated rings. The van der Waals surface area contributed by atoms with Crippen LogP contribution in [0, 0.1) is 0 Å². The van der Waals surface area contributed by atoms with Gasteiger partial charge >= 0.3 is 6.18 Å². The van der Waals surface area contributed by atoms with Gasteiger partial charge in [0.1, 0.15) is 0 Å². The topological polar surface area (TPSA) is 6.48 Å². The molecule has 0 aromatic heterocycles. The highest BCUT2D eigenvalue weighted by Gasteiger charge is 2.32. The lowest BCUT2D eigenvalue weighted by Crippen LogP contribution is -2.24. The van der Waals surface area contributed by atoms with Gasteiger partial charge < -0.3 is 4.90 Å². The van der Waals surface area contributed by atoms with Crippen LogP contribution in [0.1, 0.15) is 17.2 Å². The van der Waals surface area contributed by atoms with Crippen LogP contribution < -0.4 is 4.90 Å². The average Bonchev–Trinajstić information content (AvgIpc) is 2.89. The molecule has 2 aromatic carbocycles. The third kappa shape index (κ3) is 2.95. The molecule has 22 heavy (non-hydrogen) atoms. The third-order valence-electron chi connectivity index (χ3n) is 3.97. The molecule has 1 heterocycles. The van der Waals surface area contributed by atoms with Crippen LogP contribution >= 0.6 is 0 Å². The van der Waals surface area contributed by atoms with Crippen LogP contribution in [0.4, 0.5) is 18.9 Å². The van der Waals surface area contributed by atoms with Crippen molar-refractivity contribution in [2.45, 2.75) is 12.2 Å². The van der Waals surface area contributed by atoms with Crippen molar-refractivity contribution < 1.29 is 13.2 Å². The predicted molar refractivity (Wildman–Crippen MR) is 80.6 cm³/mol. The molecule has 1 aliphatic heterocycles. The molecule has 3 rings (SSSR count).